The summed E-state index contributed by atoms with van der Waals surface area (Å²) in [5.41, 5.74) is 3.70. The number of oxazole rings is 1. The van der Waals surface area contributed by atoms with Gasteiger partial charge < -0.3 is 15.1 Å². The van der Waals surface area contributed by atoms with Crippen molar-refractivity contribution >= 4 is 17.4 Å². The quantitative estimate of drug-likeness (QED) is 0.448. The molecule has 0 spiro atoms. The van der Waals surface area contributed by atoms with E-state index < -0.39 is 0 Å². The van der Waals surface area contributed by atoms with E-state index in [4.69, 9.17) is 4.42 Å². The zero-order valence-electron chi connectivity index (χ0n) is 16.9. The van der Waals surface area contributed by atoms with Crippen molar-refractivity contribution in [2.75, 3.05) is 11.9 Å². The number of aromatic nitrogens is 2. The van der Waals surface area contributed by atoms with E-state index >= 15 is 0 Å². The van der Waals surface area contributed by atoms with Crippen LogP contribution in [0, 0.1) is 12.7 Å². The first kappa shape index (κ1) is 20.3. The molecule has 31 heavy (non-hydrogen) atoms. The van der Waals surface area contributed by atoms with Crippen molar-refractivity contribution < 1.29 is 13.6 Å². The lowest BCUT2D eigenvalue weighted by Gasteiger charge is -2.11. The zero-order chi connectivity index (χ0) is 21.6. The number of carbonyl (C=O) groups is 1. The fourth-order valence-electron chi connectivity index (χ4n) is 3.04. The number of anilines is 2. The van der Waals surface area contributed by atoms with Gasteiger partial charge in [-0.05, 0) is 49.4 Å². The molecule has 156 valence electrons. The maximum atomic E-state index is 13.4. The van der Waals surface area contributed by atoms with Gasteiger partial charge in [0.2, 0.25) is 5.89 Å². The summed E-state index contributed by atoms with van der Waals surface area (Å²) in [6.07, 6.45) is 3.69. The van der Waals surface area contributed by atoms with Crippen molar-refractivity contribution in [3.63, 3.8) is 0 Å². The van der Waals surface area contributed by atoms with Gasteiger partial charge >= 0.3 is 0 Å². The Labute approximate surface area is 179 Å². The Balaban J connectivity index is 1.37. The Morgan fingerprint density at radius 1 is 1.10 bits per heavy atom. The number of hydrogen-bond donors (Lipinski definition) is 2. The number of carbonyl (C=O) groups excluding carboxylic acids is 1. The lowest BCUT2D eigenvalue weighted by molar-refractivity contribution is 0.0954. The van der Waals surface area contributed by atoms with Crippen LogP contribution in [0.5, 0.6) is 0 Å². The normalized spacial score (nSPS) is 10.6. The number of nitrogens with zero attached hydrogens (tertiary/aromatic N) is 2. The summed E-state index contributed by atoms with van der Waals surface area (Å²) in [4.78, 5) is 21.4. The summed E-state index contributed by atoms with van der Waals surface area (Å²) in [7, 11) is 0. The first-order valence-corrected chi connectivity index (χ1v) is 9.86. The van der Waals surface area contributed by atoms with Crippen LogP contribution in [0.1, 0.15) is 21.6 Å². The maximum absolute atomic E-state index is 13.4. The van der Waals surface area contributed by atoms with Crippen molar-refractivity contribution in [2.45, 2.75) is 13.3 Å². The van der Waals surface area contributed by atoms with Crippen molar-refractivity contribution in [2.24, 2.45) is 0 Å². The van der Waals surface area contributed by atoms with Crippen LogP contribution in [0.25, 0.3) is 11.5 Å². The average Bonchev–Trinajstić information content (AvgIpc) is 3.23. The summed E-state index contributed by atoms with van der Waals surface area (Å²) < 4.78 is 19.0. The molecule has 4 aromatic rings. The molecule has 0 aliphatic rings. The van der Waals surface area contributed by atoms with Crippen LogP contribution in [0.3, 0.4) is 0 Å². The highest BCUT2D eigenvalue weighted by Crippen LogP contribution is 2.20. The van der Waals surface area contributed by atoms with E-state index in [9.17, 15) is 9.18 Å². The van der Waals surface area contributed by atoms with E-state index in [-0.39, 0.29) is 11.7 Å². The zero-order valence-corrected chi connectivity index (χ0v) is 16.9. The third-order valence-corrected chi connectivity index (χ3v) is 4.66. The minimum Gasteiger partial charge on any atom is -0.444 e. The van der Waals surface area contributed by atoms with Gasteiger partial charge in [-0.15, -0.1) is 0 Å². The van der Waals surface area contributed by atoms with Gasteiger partial charge in [0.05, 0.1) is 11.3 Å². The molecule has 2 N–H and O–H groups in total. The molecule has 0 aliphatic carbocycles. The highest BCUT2D eigenvalue weighted by molar-refractivity contribution is 5.99. The van der Waals surface area contributed by atoms with E-state index in [1.54, 1.807) is 36.7 Å². The van der Waals surface area contributed by atoms with Crippen molar-refractivity contribution in [3.05, 3.63) is 95.8 Å². The third-order valence-electron chi connectivity index (χ3n) is 4.66. The monoisotopic (exact) mass is 416 g/mol. The highest BCUT2D eigenvalue weighted by atomic mass is 19.1. The number of hydrogen-bond acceptors (Lipinski definition) is 5. The van der Waals surface area contributed by atoms with Crippen LogP contribution in [0.2, 0.25) is 0 Å². The number of amides is 1. The Bertz CT molecular complexity index is 1190. The van der Waals surface area contributed by atoms with E-state index in [0.29, 0.717) is 35.9 Å². The molecule has 0 saturated carbocycles. The summed E-state index contributed by atoms with van der Waals surface area (Å²) in [5.74, 6) is 0.252. The predicted octanol–water partition coefficient (Wildman–Crippen LogP) is 4.90. The Hall–Kier alpha value is -4.00. The third kappa shape index (κ3) is 5.14. The summed E-state index contributed by atoms with van der Waals surface area (Å²) >= 11 is 0. The topological polar surface area (TPSA) is 80.0 Å². The van der Waals surface area contributed by atoms with Crippen LogP contribution < -0.4 is 10.6 Å². The second-order valence-corrected chi connectivity index (χ2v) is 7.05. The molecule has 2 aromatic carbocycles. The minimum atomic E-state index is -0.371. The fraction of sp³-hybridized carbons (Fsp3) is 0.125. The second-order valence-electron chi connectivity index (χ2n) is 7.05. The molecule has 0 unspecified atom stereocenters. The molecule has 0 fully saturated rings. The second kappa shape index (κ2) is 9.21. The van der Waals surface area contributed by atoms with Gasteiger partial charge in [0, 0.05) is 30.4 Å². The first-order valence-electron chi connectivity index (χ1n) is 9.86. The smallest absolute Gasteiger partial charge is 0.255 e. The van der Waals surface area contributed by atoms with Gasteiger partial charge in [-0.1, -0.05) is 23.8 Å². The van der Waals surface area contributed by atoms with Crippen LogP contribution in [-0.2, 0) is 6.42 Å². The first-order chi connectivity index (χ1) is 15.1. The van der Waals surface area contributed by atoms with Gasteiger partial charge in [-0.25, -0.2) is 14.4 Å². The maximum Gasteiger partial charge on any atom is 0.255 e. The molecule has 0 radical (unpaired) electrons. The van der Waals surface area contributed by atoms with E-state index in [2.05, 4.69) is 20.6 Å². The van der Waals surface area contributed by atoms with E-state index in [1.165, 1.54) is 17.7 Å². The van der Waals surface area contributed by atoms with E-state index in [1.807, 2.05) is 31.2 Å². The number of aryl methyl sites for hydroxylation is 1. The van der Waals surface area contributed by atoms with Gasteiger partial charge in [0.1, 0.15) is 17.9 Å². The largest absolute Gasteiger partial charge is 0.444 e. The standard InChI is InChI=1S/C24H21FN4O2/c1-16-7-9-17(10-8-16)24-29-20(15-31-24)11-13-27-23(30)21-6-3-12-26-22(21)28-19-5-2-4-18(25)14-19/h2-10,12,14-15H,11,13H2,1H3,(H,26,28)(H,27,30). The predicted molar refractivity (Wildman–Crippen MR) is 117 cm³/mol. The van der Waals surface area contributed by atoms with Crippen molar-refractivity contribution in [1.29, 1.82) is 0 Å². The molecule has 0 bridgehead atoms. The number of rotatable bonds is 7. The van der Waals surface area contributed by atoms with Crippen LogP contribution in [0.4, 0.5) is 15.9 Å². The van der Waals surface area contributed by atoms with Crippen LogP contribution in [0.15, 0.2) is 77.5 Å². The fourth-order valence-corrected chi connectivity index (χ4v) is 3.04. The lowest BCUT2D eigenvalue weighted by Crippen LogP contribution is -2.26. The number of halogens is 1. The number of nitrogens with one attached hydrogen (secondary N) is 2. The minimum absolute atomic E-state index is 0.283. The van der Waals surface area contributed by atoms with Crippen LogP contribution >= 0.6 is 0 Å². The molecule has 0 saturated heterocycles. The summed E-state index contributed by atoms with van der Waals surface area (Å²) in [5, 5.41) is 5.86. The molecular weight excluding hydrogens is 395 g/mol. The number of pyridine rings is 1. The average molecular weight is 416 g/mol. The molecule has 4 rings (SSSR count). The number of benzene rings is 2. The Kier molecular flexibility index (Phi) is 6.03. The summed E-state index contributed by atoms with van der Waals surface area (Å²) in [6, 6.07) is 17.2. The molecule has 2 aromatic heterocycles. The summed E-state index contributed by atoms with van der Waals surface area (Å²) in [6.45, 7) is 2.40. The Morgan fingerprint density at radius 2 is 1.94 bits per heavy atom. The van der Waals surface area contributed by atoms with Gasteiger partial charge in [-0.3, -0.25) is 4.79 Å². The SMILES string of the molecule is Cc1ccc(-c2nc(CCNC(=O)c3cccnc3Nc3cccc(F)c3)co2)cc1. The Morgan fingerprint density at radius 3 is 2.74 bits per heavy atom. The van der Waals surface area contributed by atoms with Gasteiger partial charge in [0.15, 0.2) is 0 Å². The van der Waals surface area contributed by atoms with Gasteiger partial charge in [0.25, 0.3) is 5.91 Å². The molecule has 1 amide bonds. The molecule has 2 heterocycles. The lowest BCUT2D eigenvalue weighted by atomic mass is 10.1. The van der Waals surface area contributed by atoms with Crippen molar-refractivity contribution in [1.82, 2.24) is 15.3 Å². The highest BCUT2D eigenvalue weighted by Gasteiger charge is 2.13. The molecule has 7 heteroatoms. The van der Waals surface area contributed by atoms with Crippen molar-refractivity contribution in [3.8, 4) is 11.5 Å². The molecule has 0 atom stereocenters. The molecule has 0 aliphatic heterocycles. The molecular formula is C24H21FN4O2. The molecule has 6 nitrogen and oxygen atoms in total. The van der Waals surface area contributed by atoms with Crippen LogP contribution in [-0.4, -0.2) is 22.4 Å². The van der Waals surface area contributed by atoms with Gasteiger partial charge in [-0.2, -0.15) is 0 Å². The van der Waals surface area contributed by atoms with E-state index in [0.717, 1.165) is 11.3 Å².